The van der Waals surface area contributed by atoms with Gasteiger partial charge in [-0.05, 0) is 54.6 Å². The van der Waals surface area contributed by atoms with Crippen molar-refractivity contribution in [3.05, 3.63) is 93.5 Å². The molecule has 0 N–H and O–H groups in total. The van der Waals surface area contributed by atoms with Crippen molar-refractivity contribution in [3.8, 4) is 24.7 Å². The summed E-state index contributed by atoms with van der Waals surface area (Å²) < 4.78 is 4.80. The van der Waals surface area contributed by atoms with Gasteiger partial charge in [-0.25, -0.2) is 14.6 Å². The van der Waals surface area contributed by atoms with Gasteiger partial charge in [0, 0.05) is 11.1 Å². The average Bonchev–Trinajstić information content (AvgIpc) is 3.30. The Kier molecular flexibility index (Phi) is 5.01. The number of fused-ring (bicyclic) bond motifs is 2. The first-order chi connectivity index (χ1) is 17.3. The Labute approximate surface area is 205 Å². The number of amides is 4. The first kappa shape index (κ1) is 22.3. The number of nitrogens with zero attached hydrogens (tertiary/aromatic N) is 2. The van der Waals surface area contributed by atoms with Crippen LogP contribution in [-0.4, -0.2) is 36.7 Å². The predicted octanol–water partition coefficient (Wildman–Crippen LogP) is 3.04. The van der Waals surface area contributed by atoms with Crippen molar-refractivity contribution in [1.29, 1.82) is 0 Å². The Morgan fingerprint density at radius 2 is 1.08 bits per heavy atom. The molecule has 4 amide bonds. The fourth-order valence-electron chi connectivity index (χ4n) is 4.22. The van der Waals surface area contributed by atoms with E-state index in [0.29, 0.717) is 11.1 Å². The number of ether oxygens (including phenoxy) is 1. The summed E-state index contributed by atoms with van der Waals surface area (Å²) in [5.74, 6) is 1.41. The van der Waals surface area contributed by atoms with Gasteiger partial charge in [-0.3, -0.25) is 19.2 Å². The molecule has 172 valence electrons. The summed E-state index contributed by atoms with van der Waals surface area (Å²) in [6, 6.07) is 12.7. The number of benzene rings is 3. The van der Waals surface area contributed by atoms with Crippen LogP contribution in [0.4, 0.5) is 11.4 Å². The maximum Gasteiger partial charge on any atom is 0.337 e. The minimum atomic E-state index is -0.796. The number of anilines is 2. The molecule has 2 heterocycles. The normalized spacial score (nSPS) is 13.9. The van der Waals surface area contributed by atoms with E-state index in [-0.39, 0.29) is 39.2 Å². The molecule has 8 nitrogen and oxygen atoms in total. The molecule has 0 saturated heterocycles. The van der Waals surface area contributed by atoms with Gasteiger partial charge in [0.25, 0.3) is 23.6 Å². The molecule has 0 unspecified atom stereocenters. The van der Waals surface area contributed by atoms with Crippen LogP contribution >= 0.6 is 0 Å². The minimum absolute atomic E-state index is 0.0257. The van der Waals surface area contributed by atoms with E-state index in [1.54, 1.807) is 0 Å². The first-order valence-electron chi connectivity index (χ1n) is 10.5. The van der Waals surface area contributed by atoms with Gasteiger partial charge in [0.2, 0.25) is 0 Å². The third kappa shape index (κ3) is 3.17. The van der Waals surface area contributed by atoms with Crippen molar-refractivity contribution < 1.29 is 28.7 Å². The number of rotatable bonds is 3. The van der Waals surface area contributed by atoms with Gasteiger partial charge in [0.15, 0.2) is 0 Å². The van der Waals surface area contributed by atoms with Crippen LogP contribution in [0, 0.1) is 24.7 Å². The molecule has 0 aromatic heterocycles. The van der Waals surface area contributed by atoms with Crippen LogP contribution in [0.1, 0.15) is 62.9 Å². The second-order valence-electron chi connectivity index (χ2n) is 7.93. The SMILES string of the molecule is C#Cc1ccc2c(c1)C(=O)N(c1cc(C(=O)OC)cc(N3C(=O)c4ccc(C#C)cc4C3=O)c1)C2=O. The highest BCUT2D eigenvalue weighted by Crippen LogP contribution is 2.36. The molecule has 0 spiro atoms. The molecule has 8 heteroatoms. The van der Waals surface area contributed by atoms with Crippen LogP contribution in [0.3, 0.4) is 0 Å². The molecule has 3 aromatic carbocycles. The van der Waals surface area contributed by atoms with E-state index < -0.39 is 29.6 Å². The Balaban J connectivity index is 1.64. The van der Waals surface area contributed by atoms with Gasteiger partial charge in [-0.2, -0.15) is 0 Å². The Morgan fingerprint density at radius 3 is 1.47 bits per heavy atom. The molecular weight excluding hydrogens is 460 g/mol. The quantitative estimate of drug-likeness (QED) is 0.329. The van der Waals surface area contributed by atoms with E-state index in [0.717, 1.165) is 16.9 Å². The van der Waals surface area contributed by atoms with E-state index in [1.165, 1.54) is 54.6 Å². The van der Waals surface area contributed by atoms with E-state index in [9.17, 15) is 24.0 Å². The number of hydrogen-bond donors (Lipinski definition) is 0. The van der Waals surface area contributed by atoms with Gasteiger partial charge < -0.3 is 4.74 Å². The van der Waals surface area contributed by atoms with Crippen LogP contribution in [0.15, 0.2) is 54.6 Å². The van der Waals surface area contributed by atoms with Gasteiger partial charge in [0.05, 0.1) is 46.3 Å². The van der Waals surface area contributed by atoms with Gasteiger partial charge in [0.1, 0.15) is 0 Å². The maximum atomic E-state index is 13.2. The summed E-state index contributed by atoms with van der Waals surface area (Å²) in [5.41, 5.74) is 1.16. The van der Waals surface area contributed by atoms with Crippen molar-refractivity contribution in [1.82, 2.24) is 0 Å². The fourth-order valence-corrected chi connectivity index (χ4v) is 4.22. The van der Waals surface area contributed by atoms with Crippen LogP contribution in [0.5, 0.6) is 0 Å². The highest BCUT2D eigenvalue weighted by Gasteiger charge is 2.40. The number of hydrogen-bond acceptors (Lipinski definition) is 6. The van der Waals surface area contributed by atoms with Crippen molar-refractivity contribution in [2.45, 2.75) is 0 Å². The van der Waals surface area contributed by atoms with Gasteiger partial charge in [-0.1, -0.05) is 11.8 Å². The average molecular weight is 474 g/mol. The van der Waals surface area contributed by atoms with E-state index in [4.69, 9.17) is 17.6 Å². The molecule has 3 aromatic rings. The molecule has 2 aliphatic rings. The summed E-state index contributed by atoms with van der Waals surface area (Å²) in [6.45, 7) is 0. The third-order valence-electron chi connectivity index (χ3n) is 5.95. The minimum Gasteiger partial charge on any atom is -0.465 e. The lowest BCUT2D eigenvalue weighted by Gasteiger charge is -2.20. The Morgan fingerprint density at radius 1 is 0.667 bits per heavy atom. The van der Waals surface area contributed by atoms with Crippen LogP contribution in [0.25, 0.3) is 0 Å². The zero-order chi connectivity index (χ0) is 25.7. The van der Waals surface area contributed by atoms with Gasteiger partial charge in [-0.15, -0.1) is 12.8 Å². The fraction of sp³-hybridized carbons (Fsp3) is 0.0357. The molecule has 0 bridgehead atoms. The molecule has 0 fully saturated rings. The Bertz CT molecular complexity index is 1540. The second-order valence-corrected chi connectivity index (χ2v) is 7.93. The molecule has 5 rings (SSSR count). The number of methoxy groups -OCH3 is 1. The standard InChI is InChI=1S/C28H14N2O6/c1-4-15-6-8-20-22(10-15)26(33)29(24(20)31)18-12-17(28(35)36-3)13-19(14-18)30-25(32)21-9-7-16(5-2)11-23(21)27(30)34/h1-2,6-14H,3H3. The molecule has 0 atom stereocenters. The second kappa shape index (κ2) is 8.08. The molecule has 0 aliphatic carbocycles. The zero-order valence-electron chi connectivity index (χ0n) is 18.7. The predicted molar refractivity (Wildman–Crippen MR) is 129 cm³/mol. The lowest BCUT2D eigenvalue weighted by Crippen LogP contribution is -2.32. The molecule has 0 radical (unpaired) electrons. The number of carbonyl (C=O) groups excluding carboxylic acids is 5. The van der Waals surface area contributed by atoms with Crippen molar-refractivity contribution in [2.24, 2.45) is 0 Å². The molecule has 2 aliphatic heterocycles. The van der Waals surface area contributed by atoms with E-state index >= 15 is 0 Å². The number of terminal acetylenes is 2. The largest absolute Gasteiger partial charge is 0.465 e. The Hall–Kier alpha value is -5.47. The number of carbonyl (C=O) groups is 5. The third-order valence-corrected chi connectivity index (χ3v) is 5.95. The van der Waals surface area contributed by atoms with Crippen molar-refractivity contribution in [3.63, 3.8) is 0 Å². The molecule has 0 saturated carbocycles. The van der Waals surface area contributed by atoms with Gasteiger partial charge >= 0.3 is 5.97 Å². The summed E-state index contributed by atoms with van der Waals surface area (Å²) >= 11 is 0. The zero-order valence-corrected chi connectivity index (χ0v) is 18.7. The molecular formula is C28H14N2O6. The maximum absolute atomic E-state index is 13.2. The topological polar surface area (TPSA) is 101 Å². The number of esters is 1. The van der Waals surface area contributed by atoms with E-state index in [1.807, 2.05) is 0 Å². The van der Waals surface area contributed by atoms with Crippen LogP contribution in [0.2, 0.25) is 0 Å². The van der Waals surface area contributed by atoms with E-state index in [2.05, 4.69) is 11.8 Å². The smallest absolute Gasteiger partial charge is 0.337 e. The lowest BCUT2D eigenvalue weighted by atomic mass is 10.1. The summed E-state index contributed by atoms with van der Waals surface area (Å²) in [6.07, 6.45) is 10.8. The van der Waals surface area contributed by atoms with Crippen LogP contribution < -0.4 is 9.80 Å². The lowest BCUT2D eigenvalue weighted by molar-refractivity contribution is 0.0599. The van der Waals surface area contributed by atoms with Crippen LogP contribution in [-0.2, 0) is 4.74 Å². The summed E-state index contributed by atoms with van der Waals surface area (Å²) in [7, 11) is 1.15. The summed E-state index contributed by atoms with van der Waals surface area (Å²) in [4.78, 5) is 66.8. The van der Waals surface area contributed by atoms with Crippen molar-refractivity contribution in [2.75, 3.05) is 16.9 Å². The monoisotopic (exact) mass is 474 g/mol. The van der Waals surface area contributed by atoms with Crippen molar-refractivity contribution >= 4 is 41.0 Å². The first-order valence-corrected chi connectivity index (χ1v) is 10.5. The number of imide groups is 2. The summed E-state index contributed by atoms with van der Waals surface area (Å²) in [5, 5.41) is 0. The highest BCUT2D eigenvalue weighted by atomic mass is 16.5. The molecule has 36 heavy (non-hydrogen) atoms. The highest BCUT2D eigenvalue weighted by molar-refractivity contribution is 6.36.